The second-order valence-electron chi connectivity index (χ2n) is 7.41. The average molecular weight is 363 g/mol. The number of hydrogen-bond donors (Lipinski definition) is 1. The molecule has 2 unspecified atom stereocenters. The molecule has 0 spiro atoms. The van der Waals surface area contributed by atoms with E-state index in [1.807, 2.05) is 13.0 Å². The zero-order chi connectivity index (χ0) is 16.3. The van der Waals surface area contributed by atoms with Gasteiger partial charge in [0.1, 0.15) is 0 Å². The summed E-state index contributed by atoms with van der Waals surface area (Å²) in [5.74, 6) is 0.612. The Morgan fingerprint density at radius 3 is 2.84 bits per heavy atom. The number of pyridine rings is 1. The zero-order valence-corrected chi connectivity index (χ0v) is 15.1. The fraction of sp³-hybridized carbons (Fsp3) is 0.611. The van der Waals surface area contributed by atoms with Gasteiger partial charge in [0, 0.05) is 30.2 Å². The molecule has 25 heavy (non-hydrogen) atoms. The molecule has 134 valence electrons. The molecule has 3 aliphatic rings. The molecule has 2 aromatic heterocycles. The van der Waals surface area contributed by atoms with Gasteiger partial charge in [-0.15, -0.1) is 12.4 Å². The summed E-state index contributed by atoms with van der Waals surface area (Å²) >= 11 is 0. The van der Waals surface area contributed by atoms with Crippen molar-refractivity contribution in [2.75, 3.05) is 13.1 Å². The van der Waals surface area contributed by atoms with Crippen LogP contribution in [-0.4, -0.2) is 46.1 Å². The van der Waals surface area contributed by atoms with Crippen molar-refractivity contribution in [1.82, 2.24) is 20.4 Å². The highest BCUT2D eigenvalue weighted by molar-refractivity contribution is 6.06. The maximum absolute atomic E-state index is 13.5. The molecule has 1 aliphatic carbocycles. The number of carbonyl (C=O) groups is 1. The van der Waals surface area contributed by atoms with E-state index in [1.54, 1.807) is 0 Å². The highest BCUT2D eigenvalue weighted by atomic mass is 35.5. The first-order chi connectivity index (χ1) is 11.7. The number of halogens is 1. The van der Waals surface area contributed by atoms with Gasteiger partial charge in [0.15, 0.2) is 0 Å². The molecule has 2 aliphatic heterocycles. The molecule has 2 saturated heterocycles. The van der Waals surface area contributed by atoms with Gasteiger partial charge in [-0.25, -0.2) is 4.98 Å². The summed E-state index contributed by atoms with van der Waals surface area (Å²) in [6.45, 7) is 3.78. The van der Waals surface area contributed by atoms with E-state index in [9.17, 15) is 4.79 Å². The fourth-order valence-corrected chi connectivity index (χ4v) is 4.32. The predicted molar refractivity (Wildman–Crippen MR) is 96.2 cm³/mol. The first kappa shape index (κ1) is 16.8. The summed E-state index contributed by atoms with van der Waals surface area (Å²) in [5, 5.41) is 8.31. The van der Waals surface area contributed by atoms with Gasteiger partial charge in [-0.3, -0.25) is 4.79 Å². The number of carbonyl (C=O) groups excluding carboxylic acids is 1. The van der Waals surface area contributed by atoms with Gasteiger partial charge in [0.25, 0.3) is 11.6 Å². The SMILES string of the molecule is Cc1noc2nc(C3CC3)cc(C(=O)N3C4CCNCC3CC4)c12.Cl. The molecule has 1 amide bonds. The maximum atomic E-state index is 13.5. The van der Waals surface area contributed by atoms with Crippen LogP contribution in [0.3, 0.4) is 0 Å². The van der Waals surface area contributed by atoms with Gasteiger partial charge < -0.3 is 14.7 Å². The third kappa shape index (κ3) is 2.72. The lowest BCUT2D eigenvalue weighted by molar-refractivity contribution is 0.0682. The van der Waals surface area contributed by atoms with Crippen LogP contribution in [0.15, 0.2) is 10.6 Å². The Morgan fingerprint density at radius 2 is 2.04 bits per heavy atom. The van der Waals surface area contributed by atoms with E-state index >= 15 is 0 Å². The molecule has 2 atom stereocenters. The normalized spacial score (nSPS) is 25.7. The van der Waals surface area contributed by atoms with Gasteiger partial charge in [0.05, 0.1) is 16.6 Å². The Labute approximate surface area is 152 Å². The topological polar surface area (TPSA) is 71.3 Å². The van der Waals surface area contributed by atoms with Crippen molar-refractivity contribution in [1.29, 1.82) is 0 Å². The Balaban J connectivity index is 0.00000157. The Hall–Kier alpha value is -1.66. The minimum absolute atomic E-state index is 0. The summed E-state index contributed by atoms with van der Waals surface area (Å²) in [6, 6.07) is 2.66. The van der Waals surface area contributed by atoms with Crippen LogP contribution in [-0.2, 0) is 0 Å². The van der Waals surface area contributed by atoms with Crippen LogP contribution in [0.4, 0.5) is 0 Å². The Bertz CT molecular complexity index is 803. The molecule has 0 aromatic carbocycles. The van der Waals surface area contributed by atoms with Crippen LogP contribution in [0.5, 0.6) is 0 Å². The van der Waals surface area contributed by atoms with Crippen LogP contribution in [0.1, 0.15) is 59.8 Å². The lowest BCUT2D eigenvalue weighted by atomic mass is 10.1. The predicted octanol–water partition coefficient (Wildman–Crippen LogP) is 2.80. The van der Waals surface area contributed by atoms with Gasteiger partial charge in [-0.1, -0.05) is 5.16 Å². The molecule has 1 saturated carbocycles. The van der Waals surface area contributed by atoms with E-state index in [0.717, 1.165) is 67.5 Å². The van der Waals surface area contributed by atoms with E-state index in [-0.39, 0.29) is 18.3 Å². The molecule has 1 N–H and O–H groups in total. The van der Waals surface area contributed by atoms with E-state index in [2.05, 4.69) is 20.4 Å². The van der Waals surface area contributed by atoms with Crippen molar-refractivity contribution in [3.8, 4) is 0 Å². The molecule has 4 heterocycles. The highest BCUT2D eigenvalue weighted by Gasteiger charge is 2.40. The number of nitrogens with one attached hydrogen (secondary N) is 1. The lowest BCUT2D eigenvalue weighted by Gasteiger charge is -2.28. The monoisotopic (exact) mass is 362 g/mol. The Morgan fingerprint density at radius 1 is 1.24 bits per heavy atom. The third-order valence-electron chi connectivity index (χ3n) is 5.75. The minimum Gasteiger partial charge on any atom is -0.336 e. The van der Waals surface area contributed by atoms with E-state index in [1.165, 1.54) is 0 Å². The van der Waals surface area contributed by atoms with Gasteiger partial charge >= 0.3 is 0 Å². The van der Waals surface area contributed by atoms with Crippen molar-refractivity contribution < 1.29 is 9.32 Å². The molecule has 0 radical (unpaired) electrons. The number of hydrogen-bond acceptors (Lipinski definition) is 5. The van der Waals surface area contributed by atoms with Crippen molar-refractivity contribution in [3.63, 3.8) is 0 Å². The van der Waals surface area contributed by atoms with Crippen molar-refractivity contribution in [3.05, 3.63) is 23.0 Å². The largest absolute Gasteiger partial charge is 0.336 e. The van der Waals surface area contributed by atoms with Gasteiger partial charge in [0.2, 0.25) is 0 Å². The third-order valence-corrected chi connectivity index (χ3v) is 5.75. The molecule has 7 heteroatoms. The molecular formula is C18H23ClN4O2. The summed E-state index contributed by atoms with van der Waals surface area (Å²) in [5.41, 5.74) is 2.99. The second kappa shape index (κ2) is 6.25. The number of fused-ring (bicyclic) bond motifs is 3. The summed E-state index contributed by atoms with van der Waals surface area (Å²) in [7, 11) is 0. The van der Waals surface area contributed by atoms with Gasteiger partial charge in [-0.05, 0) is 51.6 Å². The number of amides is 1. The zero-order valence-electron chi connectivity index (χ0n) is 14.3. The quantitative estimate of drug-likeness (QED) is 0.889. The number of nitrogens with zero attached hydrogens (tertiary/aromatic N) is 3. The molecule has 2 bridgehead atoms. The van der Waals surface area contributed by atoms with E-state index in [0.29, 0.717) is 23.7 Å². The fourth-order valence-electron chi connectivity index (χ4n) is 4.32. The maximum Gasteiger partial charge on any atom is 0.259 e. The first-order valence-electron chi connectivity index (χ1n) is 9.02. The van der Waals surface area contributed by atoms with Crippen LogP contribution in [0, 0.1) is 6.92 Å². The van der Waals surface area contributed by atoms with Gasteiger partial charge in [-0.2, -0.15) is 0 Å². The average Bonchev–Trinajstić information content (AvgIpc) is 3.29. The summed E-state index contributed by atoms with van der Waals surface area (Å²) < 4.78 is 5.40. The first-order valence-corrected chi connectivity index (χ1v) is 9.02. The highest BCUT2D eigenvalue weighted by Crippen LogP contribution is 2.41. The second-order valence-corrected chi connectivity index (χ2v) is 7.41. The lowest BCUT2D eigenvalue weighted by Crippen LogP contribution is -2.42. The van der Waals surface area contributed by atoms with E-state index < -0.39 is 0 Å². The van der Waals surface area contributed by atoms with Crippen molar-refractivity contribution in [2.24, 2.45) is 0 Å². The molecule has 5 rings (SSSR count). The molecular weight excluding hydrogens is 340 g/mol. The van der Waals surface area contributed by atoms with E-state index in [4.69, 9.17) is 4.52 Å². The summed E-state index contributed by atoms with van der Waals surface area (Å²) in [4.78, 5) is 20.2. The van der Waals surface area contributed by atoms with Crippen LogP contribution < -0.4 is 5.32 Å². The smallest absolute Gasteiger partial charge is 0.259 e. The van der Waals surface area contributed by atoms with Crippen LogP contribution >= 0.6 is 12.4 Å². The number of aromatic nitrogens is 2. The Kier molecular flexibility index (Phi) is 4.20. The minimum atomic E-state index is 0. The van der Waals surface area contributed by atoms with Crippen molar-refractivity contribution in [2.45, 2.75) is 57.0 Å². The molecule has 2 aromatic rings. The summed E-state index contributed by atoms with van der Waals surface area (Å²) in [6.07, 6.45) is 5.55. The molecule has 3 fully saturated rings. The molecule has 6 nitrogen and oxygen atoms in total. The standard InChI is InChI=1S/C18H22N4O2.ClH/c1-10-16-14(8-15(11-2-3-11)20-17(16)24-21-10)18(23)22-12-4-5-13(22)9-19-7-6-12;/h8,11-13,19H,2-7,9H2,1H3;1H. The van der Waals surface area contributed by atoms with Crippen LogP contribution in [0.2, 0.25) is 0 Å². The van der Waals surface area contributed by atoms with Crippen molar-refractivity contribution >= 4 is 29.4 Å². The number of aryl methyl sites for hydroxylation is 1. The number of rotatable bonds is 2. The van der Waals surface area contributed by atoms with Crippen LogP contribution in [0.25, 0.3) is 11.1 Å².